The molecule has 0 bridgehead atoms. The first-order valence-electron chi connectivity index (χ1n) is 6.87. The molecule has 4 nitrogen and oxygen atoms in total. The highest BCUT2D eigenvalue weighted by atomic mass is 16.5. The van der Waals surface area contributed by atoms with Gasteiger partial charge in [-0.25, -0.2) is 0 Å². The van der Waals surface area contributed by atoms with E-state index in [1.54, 1.807) is 7.11 Å². The van der Waals surface area contributed by atoms with Crippen molar-refractivity contribution >= 4 is 0 Å². The second kappa shape index (κ2) is 12.1. The third-order valence-electron chi connectivity index (χ3n) is 2.73. The van der Waals surface area contributed by atoms with E-state index in [2.05, 4.69) is 0 Å². The average molecular weight is 269 g/mol. The first kappa shape index (κ1) is 18.1. The van der Waals surface area contributed by atoms with Crippen molar-refractivity contribution in [1.29, 1.82) is 0 Å². The minimum absolute atomic E-state index is 0.140. The van der Waals surface area contributed by atoms with Gasteiger partial charge in [-0.15, -0.1) is 0 Å². The Morgan fingerprint density at radius 1 is 1.26 bits per heavy atom. The summed E-state index contributed by atoms with van der Waals surface area (Å²) in [6.07, 6.45) is 2.15. The third-order valence-corrected chi connectivity index (χ3v) is 2.73. The van der Waals surface area contributed by atoms with E-state index in [9.17, 15) is 0 Å². The zero-order valence-electron chi connectivity index (χ0n) is 12.2. The van der Waals surface area contributed by atoms with Crippen molar-refractivity contribution in [2.24, 2.45) is 0 Å². The van der Waals surface area contributed by atoms with Gasteiger partial charge >= 0.3 is 0 Å². The van der Waals surface area contributed by atoms with E-state index in [-0.39, 0.29) is 12.6 Å². The normalized spacial score (nSPS) is 18.1. The molecule has 2 N–H and O–H groups in total. The summed E-state index contributed by atoms with van der Waals surface area (Å²) in [5.41, 5.74) is 0.965. The molecule has 1 heterocycles. The summed E-state index contributed by atoms with van der Waals surface area (Å²) in [4.78, 5) is 0. The second-order valence-electron chi connectivity index (χ2n) is 4.06. The monoisotopic (exact) mass is 269 g/mol. The lowest BCUT2D eigenvalue weighted by molar-refractivity contribution is -0.116. The number of methoxy groups -OCH3 is 1. The van der Waals surface area contributed by atoms with Crippen molar-refractivity contribution in [3.63, 3.8) is 0 Å². The Morgan fingerprint density at radius 2 is 1.89 bits per heavy atom. The van der Waals surface area contributed by atoms with Gasteiger partial charge in [0.1, 0.15) is 0 Å². The Balaban J connectivity index is 0.000000303. The smallest absolute Gasteiger partial charge is 0.0681 e. The van der Waals surface area contributed by atoms with Crippen LogP contribution in [0, 0.1) is 0 Å². The summed E-state index contributed by atoms with van der Waals surface area (Å²) in [5, 5.41) is 19.0. The molecule has 1 aromatic rings. The van der Waals surface area contributed by atoms with E-state index in [0.717, 1.165) is 24.9 Å². The van der Waals surface area contributed by atoms with Crippen molar-refractivity contribution in [3.8, 4) is 0 Å². The zero-order valence-corrected chi connectivity index (χ0v) is 12.2. The molecule has 0 spiro atoms. The van der Waals surface area contributed by atoms with E-state index in [1.165, 1.54) is 5.06 Å². The minimum atomic E-state index is 0.140. The van der Waals surface area contributed by atoms with E-state index in [0.29, 0.717) is 6.61 Å². The number of rotatable bonds is 3. The van der Waals surface area contributed by atoms with E-state index >= 15 is 0 Å². The van der Waals surface area contributed by atoms with Crippen LogP contribution in [0.25, 0.3) is 0 Å². The fourth-order valence-electron chi connectivity index (χ4n) is 1.77. The highest BCUT2D eigenvalue weighted by Gasteiger charge is 2.21. The maximum Gasteiger partial charge on any atom is 0.0681 e. The standard InChI is InChI=1S/C7H8O.C6H13NO2.C2H6/c8-6-7-4-2-1-3-5-7;1-9-5-6-3-2-4-7(6)8;1-2/h1-5,8H,6H2;6,8H,2-5H2,1H3;1-2H3/t;6-;/m.0./s1. The summed E-state index contributed by atoms with van der Waals surface area (Å²) < 4.78 is 4.89. The van der Waals surface area contributed by atoms with Gasteiger partial charge in [0, 0.05) is 13.7 Å². The number of hydroxylamine groups is 2. The molecular weight excluding hydrogens is 242 g/mol. The van der Waals surface area contributed by atoms with Gasteiger partial charge in [0.15, 0.2) is 0 Å². The van der Waals surface area contributed by atoms with Crippen LogP contribution in [-0.4, -0.2) is 41.7 Å². The van der Waals surface area contributed by atoms with Crippen molar-refractivity contribution in [2.75, 3.05) is 20.3 Å². The van der Waals surface area contributed by atoms with Gasteiger partial charge in [0.2, 0.25) is 0 Å². The zero-order chi connectivity index (χ0) is 14.5. The first-order valence-corrected chi connectivity index (χ1v) is 6.87. The summed E-state index contributed by atoms with van der Waals surface area (Å²) >= 11 is 0. The number of nitrogens with zero attached hydrogens (tertiary/aromatic N) is 1. The lowest BCUT2D eigenvalue weighted by Gasteiger charge is -2.15. The molecule has 4 heteroatoms. The summed E-state index contributed by atoms with van der Waals surface area (Å²) in [5.74, 6) is 0. The summed E-state index contributed by atoms with van der Waals surface area (Å²) in [6, 6.07) is 9.77. The van der Waals surface area contributed by atoms with Crippen LogP contribution in [0.5, 0.6) is 0 Å². The van der Waals surface area contributed by atoms with Crippen LogP contribution in [0.4, 0.5) is 0 Å². The lowest BCUT2D eigenvalue weighted by Crippen LogP contribution is -2.29. The van der Waals surface area contributed by atoms with Crippen molar-refractivity contribution in [2.45, 2.75) is 39.3 Å². The van der Waals surface area contributed by atoms with Gasteiger partial charge in [-0.1, -0.05) is 44.2 Å². The molecule has 0 aromatic heterocycles. The Bertz CT molecular complexity index is 293. The fraction of sp³-hybridized carbons (Fsp3) is 0.600. The molecule has 0 saturated carbocycles. The Labute approximate surface area is 116 Å². The topological polar surface area (TPSA) is 52.9 Å². The van der Waals surface area contributed by atoms with Crippen LogP contribution in [0.2, 0.25) is 0 Å². The van der Waals surface area contributed by atoms with Crippen molar-refractivity contribution < 1.29 is 15.1 Å². The molecule has 1 aromatic carbocycles. The first-order chi connectivity index (χ1) is 9.27. The van der Waals surface area contributed by atoms with Gasteiger partial charge in [0.05, 0.1) is 19.3 Å². The number of aliphatic hydroxyl groups excluding tert-OH is 1. The van der Waals surface area contributed by atoms with Crippen LogP contribution in [-0.2, 0) is 11.3 Å². The van der Waals surface area contributed by atoms with Crippen LogP contribution in [0.3, 0.4) is 0 Å². The largest absolute Gasteiger partial charge is 0.392 e. The Morgan fingerprint density at radius 3 is 2.26 bits per heavy atom. The molecule has 2 rings (SSSR count). The molecule has 0 radical (unpaired) electrons. The van der Waals surface area contributed by atoms with Crippen LogP contribution < -0.4 is 0 Å². The molecule has 0 amide bonds. The van der Waals surface area contributed by atoms with Crippen LogP contribution in [0.15, 0.2) is 30.3 Å². The number of aliphatic hydroxyl groups is 1. The Kier molecular flexibility index (Phi) is 11.5. The molecule has 1 atom stereocenters. The molecule has 1 fully saturated rings. The minimum Gasteiger partial charge on any atom is -0.392 e. The number of ether oxygens (including phenoxy) is 1. The number of benzene rings is 1. The maximum absolute atomic E-state index is 9.07. The van der Waals surface area contributed by atoms with Gasteiger partial charge in [0.25, 0.3) is 0 Å². The van der Waals surface area contributed by atoms with E-state index in [4.69, 9.17) is 15.1 Å². The second-order valence-corrected chi connectivity index (χ2v) is 4.06. The van der Waals surface area contributed by atoms with E-state index < -0.39 is 0 Å². The maximum atomic E-state index is 9.07. The van der Waals surface area contributed by atoms with E-state index in [1.807, 2.05) is 44.2 Å². The summed E-state index contributed by atoms with van der Waals surface area (Å²) in [7, 11) is 1.66. The van der Waals surface area contributed by atoms with Crippen molar-refractivity contribution in [1.82, 2.24) is 5.06 Å². The molecule has 19 heavy (non-hydrogen) atoms. The average Bonchev–Trinajstić information content (AvgIpc) is 2.89. The van der Waals surface area contributed by atoms with Gasteiger partial charge in [-0.3, -0.25) is 0 Å². The molecule has 1 saturated heterocycles. The highest BCUT2D eigenvalue weighted by molar-refractivity contribution is 5.12. The lowest BCUT2D eigenvalue weighted by atomic mass is 10.2. The highest BCUT2D eigenvalue weighted by Crippen LogP contribution is 2.13. The predicted molar refractivity (Wildman–Crippen MR) is 77.1 cm³/mol. The van der Waals surface area contributed by atoms with Gasteiger partial charge in [-0.2, -0.15) is 5.06 Å². The Hall–Kier alpha value is -0.940. The number of hydrogen-bond donors (Lipinski definition) is 2. The molecular formula is C15H27NO3. The molecule has 0 unspecified atom stereocenters. The number of hydrogen-bond acceptors (Lipinski definition) is 4. The predicted octanol–water partition coefficient (Wildman–Crippen LogP) is 2.69. The third kappa shape index (κ3) is 7.95. The molecule has 0 aliphatic carbocycles. The summed E-state index contributed by atoms with van der Waals surface area (Å²) in [6.45, 7) is 5.59. The molecule has 110 valence electrons. The fourth-order valence-corrected chi connectivity index (χ4v) is 1.77. The van der Waals surface area contributed by atoms with Gasteiger partial charge in [-0.05, 0) is 18.4 Å². The molecule has 1 aliphatic rings. The van der Waals surface area contributed by atoms with Crippen LogP contribution >= 0.6 is 0 Å². The quantitative estimate of drug-likeness (QED) is 0.886. The van der Waals surface area contributed by atoms with Crippen LogP contribution in [0.1, 0.15) is 32.3 Å². The van der Waals surface area contributed by atoms with Gasteiger partial charge < -0.3 is 15.1 Å². The SMILES string of the molecule is CC.COC[C@@H]1CCCN1O.OCc1ccccc1. The van der Waals surface area contributed by atoms with Crippen molar-refractivity contribution in [3.05, 3.63) is 35.9 Å². The molecule has 1 aliphatic heterocycles.